The van der Waals surface area contributed by atoms with Gasteiger partial charge in [-0.05, 0) is 30.3 Å². The second-order valence-electron chi connectivity index (χ2n) is 4.19. The van der Waals surface area contributed by atoms with E-state index in [9.17, 15) is 4.79 Å². The highest BCUT2D eigenvalue weighted by Gasteiger charge is 2.13. The number of nitrogens with two attached hydrogens (primary N) is 1. The third-order valence-corrected chi connectivity index (χ3v) is 3.38. The zero-order chi connectivity index (χ0) is 15.4. The number of rotatable bonds is 3. The standard InChI is InChI=1S/C15H12BrN3O2/c1-21-15(20)11-3-2-4-12(14(11)18)19-13-7-10(16)6-5-9(13)8-17/h2-7,19H,18H2,1H3. The highest BCUT2D eigenvalue weighted by molar-refractivity contribution is 9.10. The van der Waals surface area contributed by atoms with Crippen LogP contribution in [0.25, 0.3) is 0 Å². The smallest absolute Gasteiger partial charge is 0.340 e. The lowest BCUT2D eigenvalue weighted by atomic mass is 10.1. The number of anilines is 3. The third-order valence-electron chi connectivity index (χ3n) is 2.88. The van der Waals surface area contributed by atoms with Crippen LogP contribution in [-0.4, -0.2) is 13.1 Å². The second-order valence-corrected chi connectivity index (χ2v) is 5.10. The van der Waals surface area contributed by atoms with E-state index >= 15 is 0 Å². The topological polar surface area (TPSA) is 88.1 Å². The fourth-order valence-electron chi connectivity index (χ4n) is 1.82. The number of para-hydroxylation sites is 1. The largest absolute Gasteiger partial charge is 0.465 e. The highest BCUT2D eigenvalue weighted by Crippen LogP contribution is 2.29. The molecule has 2 aromatic carbocycles. The van der Waals surface area contributed by atoms with E-state index in [-0.39, 0.29) is 11.3 Å². The molecular weight excluding hydrogens is 334 g/mol. The van der Waals surface area contributed by atoms with Crippen molar-refractivity contribution < 1.29 is 9.53 Å². The van der Waals surface area contributed by atoms with E-state index < -0.39 is 5.97 Å². The molecule has 2 aromatic rings. The van der Waals surface area contributed by atoms with Crippen LogP contribution in [0.1, 0.15) is 15.9 Å². The van der Waals surface area contributed by atoms with Crippen molar-refractivity contribution in [3.05, 3.63) is 52.0 Å². The Morgan fingerprint density at radius 3 is 2.76 bits per heavy atom. The minimum absolute atomic E-state index is 0.271. The van der Waals surface area contributed by atoms with Gasteiger partial charge in [0, 0.05) is 4.47 Å². The van der Waals surface area contributed by atoms with Gasteiger partial charge in [-0.25, -0.2) is 4.79 Å². The maximum absolute atomic E-state index is 11.6. The van der Waals surface area contributed by atoms with E-state index in [0.29, 0.717) is 16.9 Å². The zero-order valence-electron chi connectivity index (χ0n) is 11.2. The number of nitrogens with one attached hydrogen (secondary N) is 1. The molecule has 0 aliphatic heterocycles. The lowest BCUT2D eigenvalue weighted by molar-refractivity contribution is 0.0602. The number of benzene rings is 2. The summed E-state index contributed by atoms with van der Waals surface area (Å²) in [6.07, 6.45) is 0. The SMILES string of the molecule is COC(=O)c1cccc(Nc2cc(Br)ccc2C#N)c1N. The average molecular weight is 346 g/mol. The van der Waals surface area contributed by atoms with Crippen LogP contribution in [-0.2, 0) is 4.74 Å². The van der Waals surface area contributed by atoms with E-state index in [1.54, 1.807) is 36.4 Å². The first-order valence-electron chi connectivity index (χ1n) is 6.00. The molecule has 106 valence electrons. The number of ether oxygens (including phenoxy) is 1. The van der Waals surface area contributed by atoms with Gasteiger partial charge >= 0.3 is 5.97 Å². The van der Waals surface area contributed by atoms with Crippen molar-refractivity contribution in [3.8, 4) is 6.07 Å². The maximum Gasteiger partial charge on any atom is 0.340 e. The minimum Gasteiger partial charge on any atom is -0.465 e. The van der Waals surface area contributed by atoms with Gasteiger partial charge in [0.2, 0.25) is 0 Å². The van der Waals surface area contributed by atoms with E-state index in [1.807, 2.05) is 0 Å². The summed E-state index contributed by atoms with van der Waals surface area (Å²) in [6, 6.07) is 12.3. The number of halogens is 1. The average Bonchev–Trinajstić information content (AvgIpc) is 2.49. The van der Waals surface area contributed by atoms with Crippen molar-refractivity contribution in [2.45, 2.75) is 0 Å². The molecule has 5 nitrogen and oxygen atoms in total. The first kappa shape index (κ1) is 14.9. The molecule has 0 amide bonds. The van der Waals surface area contributed by atoms with Crippen molar-refractivity contribution in [1.82, 2.24) is 0 Å². The molecule has 0 fully saturated rings. The molecule has 0 saturated carbocycles. The van der Waals surface area contributed by atoms with E-state index in [4.69, 9.17) is 11.0 Å². The molecule has 0 heterocycles. The monoisotopic (exact) mass is 345 g/mol. The van der Waals surface area contributed by atoms with Crippen molar-refractivity contribution in [2.24, 2.45) is 0 Å². The molecule has 0 bridgehead atoms. The molecule has 21 heavy (non-hydrogen) atoms. The molecule has 0 atom stereocenters. The number of esters is 1. The number of carbonyl (C=O) groups is 1. The number of carbonyl (C=O) groups excluding carboxylic acids is 1. The summed E-state index contributed by atoms with van der Waals surface area (Å²) in [4.78, 5) is 11.6. The second kappa shape index (κ2) is 6.29. The van der Waals surface area contributed by atoms with Gasteiger partial charge in [-0.3, -0.25) is 0 Å². The van der Waals surface area contributed by atoms with Crippen LogP contribution in [0.4, 0.5) is 17.1 Å². The quantitative estimate of drug-likeness (QED) is 0.657. The number of nitrogens with zero attached hydrogens (tertiary/aromatic N) is 1. The Balaban J connectivity index is 2.44. The third kappa shape index (κ3) is 3.15. The molecule has 6 heteroatoms. The van der Waals surface area contributed by atoms with Crippen LogP contribution in [0, 0.1) is 11.3 Å². The Labute approximate surface area is 130 Å². The molecule has 0 aromatic heterocycles. The van der Waals surface area contributed by atoms with Crippen molar-refractivity contribution >= 4 is 39.0 Å². The molecule has 0 aliphatic rings. The lowest BCUT2D eigenvalue weighted by Gasteiger charge is -2.13. The summed E-state index contributed by atoms with van der Waals surface area (Å²) in [7, 11) is 1.30. The van der Waals surface area contributed by atoms with Gasteiger partial charge in [0.05, 0.1) is 35.3 Å². The summed E-state index contributed by atoms with van der Waals surface area (Å²) in [6.45, 7) is 0. The molecule has 0 spiro atoms. The predicted octanol–water partition coefficient (Wildman–Crippen LogP) is 3.43. The highest BCUT2D eigenvalue weighted by atomic mass is 79.9. The van der Waals surface area contributed by atoms with Crippen LogP contribution < -0.4 is 11.1 Å². The van der Waals surface area contributed by atoms with Gasteiger partial charge < -0.3 is 15.8 Å². The normalized spacial score (nSPS) is 9.76. The molecule has 0 radical (unpaired) electrons. The number of methoxy groups -OCH3 is 1. The van der Waals surface area contributed by atoms with Crippen molar-refractivity contribution in [1.29, 1.82) is 5.26 Å². The summed E-state index contributed by atoms with van der Waals surface area (Å²) >= 11 is 3.35. The number of hydrogen-bond donors (Lipinski definition) is 2. The Bertz CT molecular complexity index is 738. The summed E-state index contributed by atoms with van der Waals surface area (Å²) in [5.41, 5.74) is 8.13. The maximum atomic E-state index is 11.6. The molecule has 0 unspecified atom stereocenters. The van der Waals surface area contributed by atoms with Crippen LogP contribution in [0.5, 0.6) is 0 Å². The fraction of sp³-hybridized carbons (Fsp3) is 0.0667. The predicted molar refractivity (Wildman–Crippen MR) is 84.3 cm³/mol. The van der Waals surface area contributed by atoms with Crippen LogP contribution in [0.2, 0.25) is 0 Å². The van der Waals surface area contributed by atoms with E-state index in [2.05, 4.69) is 32.1 Å². The van der Waals surface area contributed by atoms with Gasteiger partial charge in [0.25, 0.3) is 0 Å². The van der Waals surface area contributed by atoms with Crippen LogP contribution in [0.15, 0.2) is 40.9 Å². The number of nitriles is 1. The van der Waals surface area contributed by atoms with Gasteiger partial charge in [0.15, 0.2) is 0 Å². The lowest BCUT2D eigenvalue weighted by Crippen LogP contribution is -2.08. The molecule has 3 N–H and O–H groups in total. The molecular formula is C15H12BrN3O2. The zero-order valence-corrected chi connectivity index (χ0v) is 12.8. The molecule has 0 aliphatic carbocycles. The van der Waals surface area contributed by atoms with E-state index in [0.717, 1.165) is 4.47 Å². The van der Waals surface area contributed by atoms with E-state index in [1.165, 1.54) is 7.11 Å². The molecule has 0 saturated heterocycles. The number of nitrogen functional groups attached to an aromatic ring is 1. The van der Waals surface area contributed by atoms with Gasteiger partial charge in [-0.2, -0.15) is 5.26 Å². The Morgan fingerprint density at radius 1 is 1.33 bits per heavy atom. The Kier molecular flexibility index (Phi) is 4.45. The number of hydrogen-bond acceptors (Lipinski definition) is 5. The van der Waals surface area contributed by atoms with Gasteiger partial charge in [-0.1, -0.05) is 22.0 Å². The first-order valence-corrected chi connectivity index (χ1v) is 6.79. The van der Waals surface area contributed by atoms with Crippen molar-refractivity contribution in [2.75, 3.05) is 18.2 Å². The Hall–Kier alpha value is -2.52. The Morgan fingerprint density at radius 2 is 2.10 bits per heavy atom. The van der Waals surface area contributed by atoms with Gasteiger partial charge in [0.1, 0.15) is 6.07 Å². The summed E-state index contributed by atoms with van der Waals surface area (Å²) < 4.78 is 5.51. The van der Waals surface area contributed by atoms with Crippen LogP contribution in [0.3, 0.4) is 0 Å². The fourth-order valence-corrected chi connectivity index (χ4v) is 2.19. The van der Waals surface area contributed by atoms with Crippen molar-refractivity contribution in [3.63, 3.8) is 0 Å². The van der Waals surface area contributed by atoms with Crippen LogP contribution >= 0.6 is 15.9 Å². The molecule has 2 rings (SSSR count). The minimum atomic E-state index is -0.508. The van der Waals surface area contributed by atoms with Gasteiger partial charge in [-0.15, -0.1) is 0 Å². The summed E-state index contributed by atoms with van der Waals surface area (Å²) in [5.74, 6) is -0.508. The summed E-state index contributed by atoms with van der Waals surface area (Å²) in [5, 5.41) is 12.2. The first-order chi connectivity index (χ1) is 10.1.